The molecular weight excluding hydrogens is 378 g/mol. The summed E-state index contributed by atoms with van der Waals surface area (Å²) >= 11 is 1.47. The SMILES string of the molecule is COc1ccc(C2SCC(=O)N2N2C(C(N)=O)=C(N)Nc3ccccc32)cc1. The number of hydrogen-bond donors (Lipinski definition) is 3. The fourth-order valence-corrected chi connectivity index (χ4v) is 4.44. The lowest BCUT2D eigenvalue weighted by atomic mass is 10.1. The molecule has 0 bridgehead atoms. The van der Waals surface area contributed by atoms with Gasteiger partial charge in [-0.05, 0) is 29.8 Å². The Morgan fingerprint density at radius 1 is 1.21 bits per heavy atom. The number of nitrogens with zero attached hydrogens (tertiary/aromatic N) is 2. The van der Waals surface area contributed by atoms with Crippen molar-refractivity contribution in [1.82, 2.24) is 5.01 Å². The van der Waals surface area contributed by atoms with Crippen molar-refractivity contribution in [2.24, 2.45) is 11.5 Å². The molecule has 2 aliphatic heterocycles. The predicted octanol–water partition coefficient (Wildman–Crippen LogP) is 1.73. The molecule has 2 aromatic rings. The van der Waals surface area contributed by atoms with E-state index in [4.69, 9.17) is 16.2 Å². The number of primary amides is 1. The van der Waals surface area contributed by atoms with Crippen molar-refractivity contribution < 1.29 is 14.3 Å². The average molecular weight is 397 g/mol. The van der Waals surface area contributed by atoms with E-state index in [2.05, 4.69) is 5.32 Å². The number of carbonyl (C=O) groups is 2. The van der Waals surface area contributed by atoms with Crippen LogP contribution in [0.2, 0.25) is 0 Å². The predicted molar refractivity (Wildman–Crippen MR) is 108 cm³/mol. The zero-order valence-corrected chi connectivity index (χ0v) is 15.9. The largest absolute Gasteiger partial charge is 0.497 e. The number of ether oxygens (including phenoxy) is 1. The molecule has 1 fully saturated rings. The van der Waals surface area contributed by atoms with Gasteiger partial charge in [-0.15, -0.1) is 11.8 Å². The van der Waals surface area contributed by atoms with Crippen molar-refractivity contribution in [2.45, 2.75) is 5.37 Å². The standard InChI is InChI=1S/C19H19N5O3S/c1-27-12-8-6-11(7-9-12)19-24(15(25)10-28-19)23-14-5-3-2-4-13(14)22-17(20)16(23)18(21)26/h2-9,19,22H,10,20H2,1H3,(H2,21,26). The molecule has 1 atom stereocenters. The lowest BCUT2D eigenvalue weighted by Crippen LogP contribution is -2.50. The summed E-state index contributed by atoms with van der Waals surface area (Å²) in [6.45, 7) is 0. The maximum Gasteiger partial charge on any atom is 0.271 e. The molecule has 5 N–H and O–H groups in total. The molecule has 0 aliphatic carbocycles. The number of amides is 2. The number of fused-ring (bicyclic) bond motifs is 1. The third-order valence-corrected chi connectivity index (χ3v) is 5.76. The van der Waals surface area contributed by atoms with Gasteiger partial charge in [-0.25, -0.2) is 10.0 Å². The topological polar surface area (TPSA) is 114 Å². The monoisotopic (exact) mass is 397 g/mol. The molecule has 144 valence electrons. The molecule has 2 aromatic carbocycles. The zero-order chi connectivity index (χ0) is 19.8. The normalized spacial score (nSPS) is 18.8. The molecule has 9 heteroatoms. The van der Waals surface area contributed by atoms with Crippen LogP contribution in [0.1, 0.15) is 10.9 Å². The maximum atomic E-state index is 12.9. The lowest BCUT2D eigenvalue weighted by Gasteiger charge is -2.41. The van der Waals surface area contributed by atoms with Crippen molar-refractivity contribution in [3.05, 3.63) is 65.6 Å². The first-order chi connectivity index (χ1) is 13.5. The van der Waals surface area contributed by atoms with Crippen LogP contribution in [-0.2, 0) is 9.59 Å². The summed E-state index contributed by atoms with van der Waals surface area (Å²) in [5, 5.41) is 5.71. The van der Waals surface area contributed by atoms with Crippen LogP contribution < -0.4 is 26.5 Å². The van der Waals surface area contributed by atoms with E-state index in [0.717, 1.165) is 11.3 Å². The highest BCUT2D eigenvalue weighted by molar-refractivity contribution is 8.00. The molecule has 0 radical (unpaired) electrons. The Morgan fingerprint density at radius 2 is 1.93 bits per heavy atom. The molecule has 28 heavy (non-hydrogen) atoms. The molecule has 1 unspecified atom stereocenters. The van der Waals surface area contributed by atoms with E-state index in [1.54, 1.807) is 18.2 Å². The third-order valence-electron chi connectivity index (χ3n) is 4.56. The van der Waals surface area contributed by atoms with Crippen LogP contribution in [0.15, 0.2) is 60.0 Å². The van der Waals surface area contributed by atoms with E-state index < -0.39 is 5.91 Å². The number of para-hydroxylation sites is 2. The van der Waals surface area contributed by atoms with Crippen LogP contribution in [0, 0.1) is 0 Å². The fraction of sp³-hybridized carbons (Fsp3) is 0.158. The van der Waals surface area contributed by atoms with Gasteiger partial charge in [-0.3, -0.25) is 9.59 Å². The molecule has 1 saturated heterocycles. The minimum atomic E-state index is -0.724. The van der Waals surface area contributed by atoms with E-state index >= 15 is 0 Å². The fourth-order valence-electron chi connectivity index (χ4n) is 3.30. The first-order valence-corrected chi connectivity index (χ1v) is 9.59. The summed E-state index contributed by atoms with van der Waals surface area (Å²) in [6, 6.07) is 14.8. The van der Waals surface area contributed by atoms with Gasteiger partial charge in [0.1, 0.15) is 16.9 Å². The number of methoxy groups -OCH3 is 1. The Balaban J connectivity index is 1.83. The molecular formula is C19H19N5O3S. The lowest BCUT2D eigenvalue weighted by molar-refractivity contribution is -0.128. The van der Waals surface area contributed by atoms with Crippen molar-refractivity contribution in [3.63, 3.8) is 0 Å². The maximum absolute atomic E-state index is 12.9. The summed E-state index contributed by atoms with van der Waals surface area (Å²) in [6.07, 6.45) is 0. The van der Waals surface area contributed by atoms with E-state index in [1.165, 1.54) is 16.8 Å². The Hall–Kier alpha value is -3.33. The second-order valence-corrected chi connectivity index (χ2v) is 7.32. The summed E-state index contributed by atoms with van der Waals surface area (Å²) in [4.78, 5) is 25.1. The van der Waals surface area contributed by atoms with Crippen LogP contribution >= 0.6 is 11.8 Å². The van der Waals surface area contributed by atoms with Gasteiger partial charge in [0.2, 0.25) is 0 Å². The van der Waals surface area contributed by atoms with Gasteiger partial charge >= 0.3 is 0 Å². The van der Waals surface area contributed by atoms with Gasteiger partial charge in [-0.2, -0.15) is 0 Å². The van der Waals surface area contributed by atoms with Crippen LogP contribution in [0.3, 0.4) is 0 Å². The molecule has 0 spiro atoms. The number of anilines is 2. The molecule has 2 aliphatic rings. The summed E-state index contributed by atoms with van der Waals surface area (Å²) in [5.74, 6) is 0.226. The number of hydrogen-bond acceptors (Lipinski definition) is 7. The Kier molecular flexibility index (Phi) is 4.52. The molecule has 2 amide bonds. The number of thioether (sulfide) groups is 1. The van der Waals surface area contributed by atoms with Gasteiger partial charge in [-0.1, -0.05) is 24.3 Å². The third kappa shape index (κ3) is 2.89. The molecule has 0 aromatic heterocycles. The summed E-state index contributed by atoms with van der Waals surface area (Å²) in [5.41, 5.74) is 13.9. The Labute approximate surface area is 166 Å². The second kappa shape index (κ2) is 7.01. The van der Waals surface area contributed by atoms with E-state index in [-0.39, 0.29) is 28.6 Å². The summed E-state index contributed by atoms with van der Waals surface area (Å²) in [7, 11) is 1.60. The van der Waals surface area contributed by atoms with Crippen molar-refractivity contribution >= 4 is 35.0 Å². The van der Waals surface area contributed by atoms with Crippen molar-refractivity contribution in [2.75, 3.05) is 23.2 Å². The first kappa shape index (κ1) is 18.1. The van der Waals surface area contributed by atoms with E-state index in [9.17, 15) is 9.59 Å². The molecule has 4 rings (SSSR count). The Morgan fingerprint density at radius 3 is 2.61 bits per heavy atom. The highest BCUT2D eigenvalue weighted by Gasteiger charge is 2.42. The number of rotatable bonds is 4. The first-order valence-electron chi connectivity index (χ1n) is 8.54. The molecule has 8 nitrogen and oxygen atoms in total. The van der Waals surface area contributed by atoms with Gasteiger partial charge in [0, 0.05) is 0 Å². The minimum absolute atomic E-state index is 0.0352. The minimum Gasteiger partial charge on any atom is -0.497 e. The van der Waals surface area contributed by atoms with Crippen molar-refractivity contribution in [1.29, 1.82) is 0 Å². The smallest absolute Gasteiger partial charge is 0.271 e. The number of nitrogens with two attached hydrogens (primary N) is 2. The summed E-state index contributed by atoms with van der Waals surface area (Å²) < 4.78 is 5.21. The van der Waals surface area contributed by atoms with Gasteiger partial charge in [0.05, 0.1) is 24.2 Å². The van der Waals surface area contributed by atoms with Gasteiger partial charge in [0.25, 0.3) is 11.8 Å². The highest BCUT2D eigenvalue weighted by Crippen LogP contribution is 2.45. The van der Waals surface area contributed by atoms with E-state index in [0.29, 0.717) is 11.4 Å². The zero-order valence-electron chi connectivity index (χ0n) is 15.1. The number of nitrogens with one attached hydrogen (secondary N) is 1. The number of hydrazine groups is 1. The van der Waals surface area contributed by atoms with Crippen LogP contribution in [-0.4, -0.2) is 29.7 Å². The van der Waals surface area contributed by atoms with Gasteiger partial charge in [0.15, 0.2) is 5.70 Å². The molecule has 0 saturated carbocycles. The quantitative estimate of drug-likeness (QED) is 0.720. The second-order valence-electron chi connectivity index (χ2n) is 6.26. The van der Waals surface area contributed by atoms with Crippen LogP contribution in [0.25, 0.3) is 0 Å². The average Bonchev–Trinajstić information content (AvgIpc) is 3.07. The van der Waals surface area contributed by atoms with Crippen LogP contribution in [0.5, 0.6) is 5.75 Å². The Bertz CT molecular complexity index is 976. The van der Waals surface area contributed by atoms with Crippen LogP contribution in [0.4, 0.5) is 11.4 Å². The van der Waals surface area contributed by atoms with Gasteiger partial charge < -0.3 is 21.5 Å². The van der Waals surface area contributed by atoms with E-state index in [1.807, 2.05) is 42.5 Å². The van der Waals surface area contributed by atoms with Crippen molar-refractivity contribution in [3.8, 4) is 5.75 Å². The molecule has 2 heterocycles. The number of carbonyl (C=O) groups excluding carboxylic acids is 2. The number of benzene rings is 2. The highest BCUT2D eigenvalue weighted by atomic mass is 32.2.